The van der Waals surface area contributed by atoms with Gasteiger partial charge < -0.3 is 24.4 Å². The van der Waals surface area contributed by atoms with Crippen LogP contribution in [0.5, 0.6) is 5.75 Å². The number of benzene rings is 2. The van der Waals surface area contributed by atoms with Gasteiger partial charge in [-0.3, -0.25) is 4.79 Å². The second-order valence-electron chi connectivity index (χ2n) is 6.55. The number of rotatable bonds is 7. The van der Waals surface area contributed by atoms with Crippen molar-refractivity contribution in [3.8, 4) is 5.75 Å². The molecule has 1 unspecified atom stereocenters. The number of carbonyl (C=O) groups excluding carboxylic acids is 1. The Hall–Kier alpha value is -2.28. The molecule has 7 heteroatoms. The summed E-state index contributed by atoms with van der Waals surface area (Å²) in [5.74, 6) is 0.534. The largest absolute Gasteiger partial charge is 0.497 e. The summed E-state index contributed by atoms with van der Waals surface area (Å²) in [7, 11) is 1.62. The molecule has 0 spiro atoms. The lowest BCUT2D eigenvalue weighted by atomic mass is 10.2. The number of morpholine rings is 1. The van der Waals surface area contributed by atoms with E-state index >= 15 is 0 Å². The van der Waals surface area contributed by atoms with Crippen molar-refractivity contribution in [3.63, 3.8) is 0 Å². The van der Waals surface area contributed by atoms with Gasteiger partial charge in [0.05, 0.1) is 38.3 Å². The van der Waals surface area contributed by atoms with Gasteiger partial charge >= 0.3 is 0 Å². The van der Waals surface area contributed by atoms with Crippen LogP contribution >= 0.6 is 11.6 Å². The molecule has 0 bridgehead atoms. The van der Waals surface area contributed by atoms with Crippen LogP contribution in [0.1, 0.15) is 12.5 Å². The highest BCUT2D eigenvalue weighted by Crippen LogP contribution is 2.30. The number of amides is 1. The van der Waals surface area contributed by atoms with E-state index in [0.29, 0.717) is 30.5 Å². The van der Waals surface area contributed by atoms with Crippen LogP contribution in [0.3, 0.4) is 0 Å². The van der Waals surface area contributed by atoms with Crippen LogP contribution in [0.15, 0.2) is 42.5 Å². The van der Waals surface area contributed by atoms with E-state index in [0.717, 1.165) is 30.1 Å². The standard InChI is InChI=1S/C21H25ClN2O4/c1-15(28-14-16-4-3-5-18(12-16)26-2)21(25)23-19-13-17(22)6-7-20(19)24-8-10-27-11-9-24/h3-7,12-13,15H,8-11,14H2,1-2H3,(H,23,25). The van der Waals surface area contributed by atoms with Crippen LogP contribution in [-0.4, -0.2) is 45.4 Å². The van der Waals surface area contributed by atoms with E-state index in [1.54, 1.807) is 20.1 Å². The van der Waals surface area contributed by atoms with Crippen molar-refractivity contribution in [2.75, 3.05) is 43.6 Å². The molecule has 1 aliphatic heterocycles. The Kier molecular flexibility index (Phi) is 7.14. The summed E-state index contributed by atoms with van der Waals surface area (Å²) in [6, 6.07) is 13.1. The normalized spacial score (nSPS) is 15.2. The van der Waals surface area contributed by atoms with Crippen molar-refractivity contribution in [2.24, 2.45) is 0 Å². The molecule has 1 N–H and O–H groups in total. The Morgan fingerprint density at radius 1 is 1.25 bits per heavy atom. The van der Waals surface area contributed by atoms with E-state index < -0.39 is 6.10 Å². The van der Waals surface area contributed by atoms with Gasteiger partial charge in [-0.2, -0.15) is 0 Å². The van der Waals surface area contributed by atoms with Crippen molar-refractivity contribution in [3.05, 3.63) is 53.1 Å². The topological polar surface area (TPSA) is 60.0 Å². The minimum atomic E-state index is -0.622. The smallest absolute Gasteiger partial charge is 0.253 e. The number of nitrogens with zero attached hydrogens (tertiary/aromatic N) is 1. The molecule has 1 atom stereocenters. The molecule has 1 saturated heterocycles. The number of methoxy groups -OCH3 is 1. The molecule has 0 radical (unpaired) electrons. The molecular weight excluding hydrogens is 380 g/mol. The molecule has 0 aromatic heterocycles. The molecule has 150 valence electrons. The number of anilines is 2. The molecule has 3 rings (SSSR count). The van der Waals surface area contributed by atoms with E-state index in [1.165, 1.54) is 0 Å². The van der Waals surface area contributed by atoms with Crippen LogP contribution in [0.25, 0.3) is 0 Å². The predicted octanol–water partition coefficient (Wildman–Crippen LogP) is 3.73. The van der Waals surface area contributed by atoms with E-state index in [2.05, 4.69) is 10.2 Å². The van der Waals surface area contributed by atoms with Crippen molar-refractivity contribution in [1.82, 2.24) is 0 Å². The lowest BCUT2D eigenvalue weighted by molar-refractivity contribution is -0.127. The van der Waals surface area contributed by atoms with Gasteiger partial charge in [0.2, 0.25) is 0 Å². The highest BCUT2D eigenvalue weighted by atomic mass is 35.5. The molecule has 1 fully saturated rings. The second kappa shape index (κ2) is 9.78. The zero-order valence-corrected chi connectivity index (χ0v) is 16.9. The van der Waals surface area contributed by atoms with Gasteiger partial charge in [0, 0.05) is 18.1 Å². The van der Waals surface area contributed by atoms with Crippen molar-refractivity contribution >= 4 is 28.9 Å². The highest BCUT2D eigenvalue weighted by molar-refractivity contribution is 6.31. The maximum Gasteiger partial charge on any atom is 0.253 e. The molecule has 1 amide bonds. The molecule has 1 aliphatic rings. The van der Waals surface area contributed by atoms with Gasteiger partial charge in [0.1, 0.15) is 11.9 Å². The molecule has 0 aliphatic carbocycles. The molecule has 1 heterocycles. The minimum absolute atomic E-state index is 0.223. The fourth-order valence-electron chi connectivity index (χ4n) is 2.98. The summed E-state index contributed by atoms with van der Waals surface area (Å²) in [4.78, 5) is 14.8. The quantitative estimate of drug-likeness (QED) is 0.762. The van der Waals surface area contributed by atoms with E-state index in [4.69, 9.17) is 25.8 Å². The van der Waals surface area contributed by atoms with Crippen molar-refractivity contribution in [1.29, 1.82) is 0 Å². The Labute approximate surface area is 170 Å². The predicted molar refractivity (Wildman–Crippen MR) is 110 cm³/mol. The van der Waals surface area contributed by atoms with Crippen LogP contribution < -0.4 is 15.0 Å². The summed E-state index contributed by atoms with van der Waals surface area (Å²) < 4.78 is 16.4. The van der Waals surface area contributed by atoms with Crippen LogP contribution in [-0.2, 0) is 20.9 Å². The van der Waals surface area contributed by atoms with Crippen LogP contribution in [0.2, 0.25) is 5.02 Å². The third kappa shape index (κ3) is 5.38. The summed E-state index contributed by atoms with van der Waals surface area (Å²) >= 11 is 6.15. The summed E-state index contributed by atoms with van der Waals surface area (Å²) in [6.45, 7) is 4.91. The van der Waals surface area contributed by atoms with Crippen molar-refractivity contribution in [2.45, 2.75) is 19.6 Å². The van der Waals surface area contributed by atoms with Crippen LogP contribution in [0.4, 0.5) is 11.4 Å². The SMILES string of the molecule is COc1cccc(COC(C)C(=O)Nc2cc(Cl)ccc2N2CCOCC2)c1. The maximum absolute atomic E-state index is 12.7. The monoisotopic (exact) mass is 404 g/mol. The first-order valence-electron chi connectivity index (χ1n) is 9.24. The lowest BCUT2D eigenvalue weighted by Crippen LogP contribution is -2.37. The minimum Gasteiger partial charge on any atom is -0.497 e. The Morgan fingerprint density at radius 3 is 2.79 bits per heavy atom. The third-order valence-electron chi connectivity index (χ3n) is 4.57. The third-order valence-corrected chi connectivity index (χ3v) is 4.81. The average Bonchev–Trinajstić information content (AvgIpc) is 2.73. The number of halogens is 1. The maximum atomic E-state index is 12.7. The highest BCUT2D eigenvalue weighted by Gasteiger charge is 2.19. The van der Waals surface area contributed by atoms with E-state index in [1.807, 2.05) is 36.4 Å². The van der Waals surface area contributed by atoms with E-state index in [9.17, 15) is 4.79 Å². The summed E-state index contributed by atoms with van der Waals surface area (Å²) in [6.07, 6.45) is -0.622. The molecule has 2 aromatic rings. The Balaban J connectivity index is 1.63. The number of ether oxygens (including phenoxy) is 3. The van der Waals surface area contributed by atoms with Gasteiger partial charge in [-0.15, -0.1) is 0 Å². The molecule has 0 saturated carbocycles. The van der Waals surface area contributed by atoms with Gasteiger partial charge in [0.25, 0.3) is 5.91 Å². The van der Waals surface area contributed by atoms with Crippen molar-refractivity contribution < 1.29 is 19.0 Å². The average molecular weight is 405 g/mol. The first-order chi connectivity index (χ1) is 13.6. The summed E-state index contributed by atoms with van der Waals surface area (Å²) in [5.41, 5.74) is 2.55. The zero-order valence-electron chi connectivity index (χ0n) is 16.1. The molecule has 28 heavy (non-hydrogen) atoms. The number of hydrogen-bond donors (Lipinski definition) is 1. The molecular formula is C21H25ClN2O4. The van der Waals surface area contributed by atoms with Gasteiger partial charge in [-0.05, 0) is 42.8 Å². The lowest BCUT2D eigenvalue weighted by Gasteiger charge is -2.30. The van der Waals surface area contributed by atoms with Gasteiger partial charge in [-0.1, -0.05) is 23.7 Å². The number of carbonyl (C=O) groups is 1. The molecule has 2 aromatic carbocycles. The Bertz CT molecular complexity index is 809. The number of nitrogens with one attached hydrogen (secondary N) is 1. The first-order valence-corrected chi connectivity index (χ1v) is 9.62. The summed E-state index contributed by atoms with van der Waals surface area (Å²) in [5, 5.41) is 3.52. The molecule has 6 nitrogen and oxygen atoms in total. The first kappa shape index (κ1) is 20.5. The van der Waals surface area contributed by atoms with E-state index in [-0.39, 0.29) is 5.91 Å². The fraction of sp³-hybridized carbons (Fsp3) is 0.381. The zero-order chi connectivity index (χ0) is 19.9. The fourth-order valence-corrected chi connectivity index (χ4v) is 3.15. The second-order valence-corrected chi connectivity index (χ2v) is 6.99. The number of hydrogen-bond acceptors (Lipinski definition) is 5. The Morgan fingerprint density at radius 2 is 2.04 bits per heavy atom. The van der Waals surface area contributed by atoms with Gasteiger partial charge in [-0.25, -0.2) is 0 Å². The van der Waals surface area contributed by atoms with Gasteiger partial charge in [0.15, 0.2) is 0 Å². The van der Waals surface area contributed by atoms with Crippen LogP contribution in [0, 0.1) is 0 Å².